The Bertz CT molecular complexity index is 223. The summed E-state index contributed by atoms with van der Waals surface area (Å²) in [6.45, 7) is 10.2. The number of halogens is 1. The number of ether oxygens (including phenoxy) is 1. The standard InChI is InChI=1S/C14H31N3O.HI/c1-6-7-10-17(5)14(15-4)16-9-8-11-18-12-13(2)3;/h13H,6-12H2,1-5H3,(H,15,16);1H. The van der Waals surface area contributed by atoms with Gasteiger partial charge in [0.25, 0.3) is 0 Å². The molecule has 0 aliphatic heterocycles. The van der Waals surface area contributed by atoms with E-state index in [1.54, 1.807) is 0 Å². The van der Waals surface area contributed by atoms with Crippen molar-refractivity contribution in [1.82, 2.24) is 10.2 Å². The number of nitrogens with zero attached hydrogens (tertiary/aromatic N) is 2. The third kappa shape index (κ3) is 12.7. The Balaban J connectivity index is 0. The highest BCUT2D eigenvalue weighted by Gasteiger charge is 2.03. The molecule has 0 aromatic heterocycles. The van der Waals surface area contributed by atoms with Gasteiger partial charge in [-0.3, -0.25) is 4.99 Å². The predicted octanol–water partition coefficient (Wildman–Crippen LogP) is 2.97. The second-order valence-corrected chi connectivity index (χ2v) is 5.07. The van der Waals surface area contributed by atoms with Crippen molar-refractivity contribution in [2.75, 3.05) is 40.4 Å². The van der Waals surface area contributed by atoms with Gasteiger partial charge in [0.2, 0.25) is 0 Å². The number of guanidine groups is 1. The summed E-state index contributed by atoms with van der Waals surface area (Å²) in [5.41, 5.74) is 0. The zero-order valence-electron chi connectivity index (χ0n) is 13.2. The van der Waals surface area contributed by atoms with Gasteiger partial charge in [0, 0.05) is 40.4 Å². The number of hydrogen-bond acceptors (Lipinski definition) is 2. The monoisotopic (exact) mass is 385 g/mol. The Morgan fingerprint density at radius 2 is 2.00 bits per heavy atom. The molecule has 0 aliphatic rings. The van der Waals surface area contributed by atoms with Crippen molar-refractivity contribution in [3.63, 3.8) is 0 Å². The molecule has 0 fully saturated rings. The first-order valence-corrected chi connectivity index (χ1v) is 7.11. The molecule has 0 saturated heterocycles. The summed E-state index contributed by atoms with van der Waals surface area (Å²) in [6, 6.07) is 0. The summed E-state index contributed by atoms with van der Waals surface area (Å²) in [5, 5.41) is 3.36. The molecule has 1 N–H and O–H groups in total. The van der Waals surface area contributed by atoms with Gasteiger partial charge >= 0.3 is 0 Å². The lowest BCUT2D eigenvalue weighted by Gasteiger charge is -2.21. The largest absolute Gasteiger partial charge is 0.381 e. The van der Waals surface area contributed by atoms with Crippen LogP contribution in [0.2, 0.25) is 0 Å². The Labute approximate surface area is 136 Å². The second kappa shape index (κ2) is 14.4. The fourth-order valence-electron chi connectivity index (χ4n) is 1.58. The van der Waals surface area contributed by atoms with Gasteiger partial charge in [-0.25, -0.2) is 0 Å². The highest BCUT2D eigenvalue weighted by atomic mass is 127. The van der Waals surface area contributed by atoms with Gasteiger partial charge in [-0.2, -0.15) is 0 Å². The van der Waals surface area contributed by atoms with Crippen LogP contribution in [0.25, 0.3) is 0 Å². The lowest BCUT2D eigenvalue weighted by Crippen LogP contribution is -2.40. The Morgan fingerprint density at radius 1 is 1.32 bits per heavy atom. The van der Waals surface area contributed by atoms with E-state index in [9.17, 15) is 0 Å². The SMILES string of the molecule is CCCCN(C)C(=NC)NCCCOCC(C)C.I. The van der Waals surface area contributed by atoms with Crippen molar-refractivity contribution in [1.29, 1.82) is 0 Å². The Hall–Kier alpha value is -0.0400. The van der Waals surface area contributed by atoms with E-state index in [4.69, 9.17) is 4.74 Å². The van der Waals surface area contributed by atoms with Crippen LogP contribution in [0.5, 0.6) is 0 Å². The van der Waals surface area contributed by atoms with Crippen LogP contribution < -0.4 is 5.32 Å². The van der Waals surface area contributed by atoms with E-state index in [1.165, 1.54) is 12.8 Å². The lowest BCUT2D eigenvalue weighted by atomic mass is 10.2. The molecule has 0 rings (SSSR count). The maximum atomic E-state index is 5.54. The van der Waals surface area contributed by atoms with Crippen LogP contribution >= 0.6 is 24.0 Å². The number of unbranched alkanes of at least 4 members (excludes halogenated alkanes) is 1. The first-order chi connectivity index (χ1) is 8.61. The molecule has 4 nitrogen and oxygen atoms in total. The van der Waals surface area contributed by atoms with Gasteiger partial charge in [0.15, 0.2) is 5.96 Å². The third-order valence-corrected chi connectivity index (χ3v) is 2.62. The molecule has 5 heteroatoms. The summed E-state index contributed by atoms with van der Waals surface area (Å²) in [4.78, 5) is 6.46. The maximum absolute atomic E-state index is 5.54. The van der Waals surface area contributed by atoms with Crippen molar-refractivity contribution in [2.24, 2.45) is 10.9 Å². The fourth-order valence-corrected chi connectivity index (χ4v) is 1.58. The molecule has 0 aromatic rings. The Morgan fingerprint density at radius 3 is 2.53 bits per heavy atom. The topological polar surface area (TPSA) is 36.9 Å². The highest BCUT2D eigenvalue weighted by molar-refractivity contribution is 14.0. The highest BCUT2D eigenvalue weighted by Crippen LogP contribution is 1.94. The fraction of sp³-hybridized carbons (Fsp3) is 0.929. The van der Waals surface area contributed by atoms with Gasteiger partial charge in [-0.15, -0.1) is 24.0 Å². The lowest BCUT2D eigenvalue weighted by molar-refractivity contribution is 0.108. The summed E-state index contributed by atoms with van der Waals surface area (Å²) in [5.74, 6) is 1.60. The van der Waals surface area contributed by atoms with Gasteiger partial charge < -0.3 is 15.0 Å². The third-order valence-electron chi connectivity index (χ3n) is 2.62. The van der Waals surface area contributed by atoms with Crippen LogP contribution in [0.3, 0.4) is 0 Å². The zero-order valence-corrected chi connectivity index (χ0v) is 15.6. The molecule has 0 spiro atoms. The van der Waals surface area contributed by atoms with Crippen molar-refractivity contribution in [2.45, 2.75) is 40.0 Å². The van der Waals surface area contributed by atoms with Crippen LogP contribution in [0.1, 0.15) is 40.0 Å². The first-order valence-electron chi connectivity index (χ1n) is 7.11. The van der Waals surface area contributed by atoms with Crippen molar-refractivity contribution < 1.29 is 4.74 Å². The Kier molecular flexibility index (Phi) is 16.1. The van der Waals surface area contributed by atoms with Crippen LogP contribution in [0.4, 0.5) is 0 Å². The van der Waals surface area contributed by atoms with E-state index in [2.05, 4.69) is 43.0 Å². The minimum absolute atomic E-state index is 0. The summed E-state index contributed by atoms with van der Waals surface area (Å²) >= 11 is 0. The van der Waals surface area contributed by atoms with E-state index in [0.717, 1.165) is 38.7 Å². The molecule has 0 bridgehead atoms. The van der Waals surface area contributed by atoms with Crippen LogP contribution in [-0.2, 0) is 4.74 Å². The first kappa shape index (κ1) is 21.3. The zero-order chi connectivity index (χ0) is 13.8. The van der Waals surface area contributed by atoms with Crippen molar-refractivity contribution in [3.8, 4) is 0 Å². The molecular formula is C14H32IN3O. The minimum Gasteiger partial charge on any atom is -0.381 e. The van der Waals surface area contributed by atoms with Crippen LogP contribution in [0.15, 0.2) is 4.99 Å². The smallest absolute Gasteiger partial charge is 0.193 e. The van der Waals surface area contributed by atoms with E-state index < -0.39 is 0 Å². The molecule has 19 heavy (non-hydrogen) atoms. The second-order valence-electron chi connectivity index (χ2n) is 5.07. The van der Waals surface area contributed by atoms with Gasteiger partial charge in [0.05, 0.1) is 0 Å². The van der Waals surface area contributed by atoms with E-state index in [-0.39, 0.29) is 24.0 Å². The van der Waals surface area contributed by atoms with Crippen LogP contribution in [-0.4, -0.2) is 51.3 Å². The van der Waals surface area contributed by atoms with E-state index >= 15 is 0 Å². The number of nitrogens with one attached hydrogen (secondary N) is 1. The normalized spacial score (nSPS) is 11.4. The molecule has 0 radical (unpaired) electrons. The van der Waals surface area contributed by atoms with Crippen LogP contribution in [0, 0.1) is 5.92 Å². The van der Waals surface area contributed by atoms with Gasteiger partial charge in [0.1, 0.15) is 0 Å². The maximum Gasteiger partial charge on any atom is 0.193 e. The summed E-state index contributed by atoms with van der Waals surface area (Å²) in [6.07, 6.45) is 3.44. The molecule has 0 aromatic carbocycles. The average molecular weight is 385 g/mol. The molecule has 116 valence electrons. The molecule has 0 unspecified atom stereocenters. The molecular weight excluding hydrogens is 353 g/mol. The molecule has 0 aliphatic carbocycles. The number of aliphatic imine (C=N–C) groups is 1. The van der Waals surface area contributed by atoms with Gasteiger partial charge in [-0.1, -0.05) is 27.2 Å². The van der Waals surface area contributed by atoms with Gasteiger partial charge in [-0.05, 0) is 18.8 Å². The average Bonchev–Trinajstić information content (AvgIpc) is 2.34. The van der Waals surface area contributed by atoms with Crippen molar-refractivity contribution >= 4 is 29.9 Å². The molecule has 0 atom stereocenters. The number of hydrogen-bond donors (Lipinski definition) is 1. The van der Waals surface area contributed by atoms with E-state index in [0.29, 0.717) is 5.92 Å². The minimum atomic E-state index is 0. The number of rotatable bonds is 9. The molecule has 0 amide bonds. The predicted molar refractivity (Wildman–Crippen MR) is 94.6 cm³/mol. The van der Waals surface area contributed by atoms with E-state index in [1.807, 2.05) is 7.05 Å². The molecule has 0 saturated carbocycles. The summed E-state index contributed by atoms with van der Waals surface area (Å²) < 4.78 is 5.54. The molecule has 0 heterocycles. The van der Waals surface area contributed by atoms with Crippen molar-refractivity contribution in [3.05, 3.63) is 0 Å². The summed E-state index contributed by atoms with van der Waals surface area (Å²) in [7, 11) is 3.92. The quantitative estimate of drug-likeness (QED) is 0.287.